The number of carbonyl (C=O) groups is 1. The van der Waals surface area contributed by atoms with Gasteiger partial charge >= 0.3 is 0 Å². The first-order valence-corrected chi connectivity index (χ1v) is 10.7. The van der Waals surface area contributed by atoms with E-state index >= 15 is 0 Å². The number of carbonyl (C=O) groups excluding carboxylic acids is 1. The van der Waals surface area contributed by atoms with Crippen LogP contribution in [0.15, 0.2) is 77.3 Å². The first-order chi connectivity index (χ1) is 15.9. The summed E-state index contributed by atoms with van der Waals surface area (Å²) in [4.78, 5) is 11.9. The SMILES string of the molecule is CC(=O)NC(c1ccc(OCc2c(C)noc2C)cc1)c1ccc(-c2ccc(F)cc2)cc1. The molecule has 0 aliphatic rings. The second kappa shape index (κ2) is 9.69. The zero-order chi connectivity index (χ0) is 23.4. The Hall–Kier alpha value is -3.93. The molecule has 5 nitrogen and oxygen atoms in total. The van der Waals surface area contributed by atoms with E-state index in [-0.39, 0.29) is 17.8 Å². The van der Waals surface area contributed by atoms with Crippen LogP contribution in [0.1, 0.15) is 41.1 Å². The molecule has 6 heteroatoms. The van der Waals surface area contributed by atoms with E-state index in [1.165, 1.54) is 19.1 Å². The summed E-state index contributed by atoms with van der Waals surface area (Å²) >= 11 is 0. The zero-order valence-electron chi connectivity index (χ0n) is 18.8. The van der Waals surface area contributed by atoms with Crippen molar-refractivity contribution in [3.63, 3.8) is 0 Å². The van der Waals surface area contributed by atoms with Gasteiger partial charge in [0.1, 0.15) is 23.9 Å². The fraction of sp³-hybridized carbons (Fsp3) is 0.185. The number of hydrogen-bond acceptors (Lipinski definition) is 4. The third-order valence-electron chi connectivity index (χ3n) is 5.55. The van der Waals surface area contributed by atoms with Gasteiger partial charge in [-0.1, -0.05) is 53.7 Å². The van der Waals surface area contributed by atoms with Crippen molar-refractivity contribution in [1.29, 1.82) is 0 Å². The van der Waals surface area contributed by atoms with E-state index in [4.69, 9.17) is 9.26 Å². The van der Waals surface area contributed by atoms with E-state index in [2.05, 4.69) is 10.5 Å². The minimum atomic E-state index is -0.304. The third-order valence-corrected chi connectivity index (χ3v) is 5.55. The maximum absolute atomic E-state index is 13.2. The lowest BCUT2D eigenvalue weighted by atomic mass is 9.96. The van der Waals surface area contributed by atoms with Gasteiger partial charge in [0.15, 0.2) is 0 Å². The molecule has 0 saturated carbocycles. The largest absolute Gasteiger partial charge is 0.489 e. The van der Waals surface area contributed by atoms with E-state index in [1.54, 1.807) is 12.1 Å². The van der Waals surface area contributed by atoms with Crippen LogP contribution < -0.4 is 10.1 Å². The highest BCUT2D eigenvalue weighted by Gasteiger charge is 2.16. The van der Waals surface area contributed by atoms with Crippen LogP contribution in [-0.4, -0.2) is 11.1 Å². The molecule has 4 aromatic rings. The molecule has 1 aromatic heterocycles. The number of aromatic nitrogens is 1. The summed E-state index contributed by atoms with van der Waals surface area (Å²) in [7, 11) is 0. The molecule has 1 N–H and O–H groups in total. The molecule has 1 amide bonds. The van der Waals surface area contributed by atoms with Crippen LogP contribution in [0.5, 0.6) is 5.75 Å². The van der Waals surface area contributed by atoms with Crippen LogP contribution in [0.3, 0.4) is 0 Å². The molecular weight excluding hydrogens is 419 g/mol. The molecule has 3 aromatic carbocycles. The average molecular weight is 445 g/mol. The Labute approximate surface area is 192 Å². The van der Waals surface area contributed by atoms with Crippen molar-refractivity contribution in [2.45, 2.75) is 33.4 Å². The third kappa shape index (κ3) is 5.29. The van der Waals surface area contributed by atoms with Gasteiger partial charge in [-0.05, 0) is 60.4 Å². The molecule has 1 heterocycles. The van der Waals surface area contributed by atoms with E-state index in [0.29, 0.717) is 12.4 Å². The van der Waals surface area contributed by atoms with Crippen molar-refractivity contribution in [2.75, 3.05) is 0 Å². The number of amides is 1. The molecule has 0 bridgehead atoms. The first-order valence-electron chi connectivity index (χ1n) is 10.7. The van der Waals surface area contributed by atoms with Crippen molar-refractivity contribution in [1.82, 2.24) is 10.5 Å². The van der Waals surface area contributed by atoms with Gasteiger partial charge in [0.25, 0.3) is 0 Å². The highest BCUT2D eigenvalue weighted by Crippen LogP contribution is 2.28. The monoisotopic (exact) mass is 444 g/mol. The minimum Gasteiger partial charge on any atom is -0.489 e. The summed E-state index contributed by atoms with van der Waals surface area (Å²) in [5, 5.41) is 6.96. The lowest BCUT2D eigenvalue weighted by molar-refractivity contribution is -0.119. The number of benzene rings is 3. The fourth-order valence-electron chi connectivity index (χ4n) is 3.69. The van der Waals surface area contributed by atoms with Crippen LogP contribution in [0.2, 0.25) is 0 Å². The molecular formula is C27H25FN2O3. The summed E-state index contributed by atoms with van der Waals surface area (Å²) in [5.74, 6) is 1.08. The van der Waals surface area contributed by atoms with Gasteiger partial charge in [-0.2, -0.15) is 0 Å². The Morgan fingerprint density at radius 3 is 2.00 bits per heavy atom. The second-order valence-corrected chi connectivity index (χ2v) is 7.92. The summed E-state index contributed by atoms with van der Waals surface area (Å²) in [6.07, 6.45) is 0. The van der Waals surface area contributed by atoms with Gasteiger partial charge in [-0.25, -0.2) is 4.39 Å². The van der Waals surface area contributed by atoms with Crippen LogP contribution in [0, 0.1) is 19.7 Å². The van der Waals surface area contributed by atoms with Gasteiger partial charge in [0, 0.05) is 6.92 Å². The number of ether oxygens (including phenoxy) is 1. The molecule has 0 aliphatic heterocycles. The summed E-state index contributed by atoms with van der Waals surface area (Å²) < 4.78 is 24.3. The lowest BCUT2D eigenvalue weighted by Crippen LogP contribution is -2.26. The summed E-state index contributed by atoms with van der Waals surface area (Å²) in [6.45, 7) is 5.63. The second-order valence-electron chi connectivity index (χ2n) is 7.92. The number of hydrogen-bond donors (Lipinski definition) is 1. The van der Waals surface area contributed by atoms with Crippen molar-refractivity contribution < 1.29 is 18.4 Å². The number of nitrogens with zero attached hydrogens (tertiary/aromatic N) is 1. The molecule has 168 valence electrons. The Morgan fingerprint density at radius 2 is 1.48 bits per heavy atom. The zero-order valence-corrected chi connectivity index (χ0v) is 18.8. The summed E-state index contributed by atoms with van der Waals surface area (Å²) in [6, 6.07) is 21.6. The Balaban J connectivity index is 1.52. The van der Waals surface area contributed by atoms with Gasteiger partial charge < -0.3 is 14.6 Å². The number of halogens is 1. The molecule has 0 fully saturated rings. The number of aryl methyl sites for hydroxylation is 2. The topological polar surface area (TPSA) is 64.4 Å². The van der Waals surface area contributed by atoms with E-state index < -0.39 is 0 Å². The molecule has 33 heavy (non-hydrogen) atoms. The Kier molecular flexibility index (Phi) is 6.54. The molecule has 0 saturated heterocycles. The molecule has 1 atom stereocenters. The highest BCUT2D eigenvalue weighted by molar-refractivity contribution is 5.74. The highest BCUT2D eigenvalue weighted by atomic mass is 19.1. The van der Waals surface area contributed by atoms with Crippen LogP contribution in [0.25, 0.3) is 11.1 Å². The minimum absolute atomic E-state index is 0.124. The quantitative estimate of drug-likeness (QED) is 0.385. The number of nitrogens with one attached hydrogen (secondary N) is 1. The van der Waals surface area contributed by atoms with Crippen molar-refractivity contribution in [3.05, 3.63) is 107 Å². The van der Waals surface area contributed by atoms with E-state index in [0.717, 1.165) is 39.3 Å². The van der Waals surface area contributed by atoms with Gasteiger partial charge in [0.2, 0.25) is 5.91 Å². The van der Waals surface area contributed by atoms with Crippen molar-refractivity contribution in [3.8, 4) is 16.9 Å². The Morgan fingerprint density at radius 1 is 0.939 bits per heavy atom. The smallest absolute Gasteiger partial charge is 0.217 e. The molecule has 0 radical (unpaired) electrons. The predicted molar refractivity (Wildman–Crippen MR) is 124 cm³/mol. The summed E-state index contributed by atoms with van der Waals surface area (Å²) in [5.41, 5.74) is 5.54. The normalized spacial score (nSPS) is 11.8. The molecule has 0 spiro atoms. The van der Waals surface area contributed by atoms with Crippen LogP contribution in [-0.2, 0) is 11.4 Å². The first kappa shape index (κ1) is 22.3. The van der Waals surface area contributed by atoms with Gasteiger partial charge in [0.05, 0.1) is 17.3 Å². The predicted octanol–water partition coefficient (Wildman–Crippen LogP) is 5.90. The van der Waals surface area contributed by atoms with E-state index in [1.807, 2.05) is 62.4 Å². The Bertz CT molecular complexity index is 1210. The van der Waals surface area contributed by atoms with Crippen molar-refractivity contribution in [2.24, 2.45) is 0 Å². The number of rotatable bonds is 7. The van der Waals surface area contributed by atoms with Crippen LogP contribution >= 0.6 is 0 Å². The van der Waals surface area contributed by atoms with Crippen molar-refractivity contribution >= 4 is 5.91 Å². The standard InChI is InChI=1S/C27H25FN2O3/c1-17-26(18(2)33-30-17)16-32-25-14-10-23(11-15-25)27(29-19(3)31)22-6-4-20(5-7-22)21-8-12-24(28)13-9-21/h4-15,27H,16H2,1-3H3,(H,29,31). The van der Waals surface area contributed by atoms with Crippen LogP contribution in [0.4, 0.5) is 4.39 Å². The molecule has 4 rings (SSSR count). The lowest BCUT2D eigenvalue weighted by Gasteiger charge is -2.20. The molecule has 0 aliphatic carbocycles. The average Bonchev–Trinajstić information content (AvgIpc) is 3.14. The maximum Gasteiger partial charge on any atom is 0.217 e. The maximum atomic E-state index is 13.2. The van der Waals surface area contributed by atoms with Gasteiger partial charge in [-0.3, -0.25) is 4.79 Å². The fourth-order valence-corrected chi connectivity index (χ4v) is 3.69. The van der Waals surface area contributed by atoms with Gasteiger partial charge in [-0.15, -0.1) is 0 Å². The van der Waals surface area contributed by atoms with E-state index in [9.17, 15) is 9.18 Å². The molecule has 1 unspecified atom stereocenters.